The molecular formula is C10H22N2OS. The molecule has 0 aromatic carbocycles. The maximum absolute atomic E-state index is 11.3. The van der Waals surface area contributed by atoms with Crippen LogP contribution in [-0.2, 0) is 9.73 Å². The third kappa shape index (κ3) is 3.96. The molecular weight excluding hydrogens is 196 g/mol. The summed E-state index contributed by atoms with van der Waals surface area (Å²) >= 11 is 0. The van der Waals surface area contributed by atoms with Crippen LogP contribution in [0.4, 0.5) is 0 Å². The van der Waals surface area contributed by atoms with Crippen molar-refractivity contribution in [2.45, 2.75) is 32.7 Å². The maximum Gasteiger partial charge on any atom is 0.0415 e. The van der Waals surface area contributed by atoms with Gasteiger partial charge in [-0.3, -0.25) is 8.99 Å². The summed E-state index contributed by atoms with van der Waals surface area (Å²) in [4.78, 5) is 0. The van der Waals surface area contributed by atoms with Gasteiger partial charge >= 0.3 is 0 Å². The van der Waals surface area contributed by atoms with Crippen LogP contribution < -0.4 is 5.32 Å². The Morgan fingerprint density at radius 2 is 2.14 bits per heavy atom. The largest absolute Gasteiger partial charge is 0.313 e. The molecule has 4 heteroatoms. The van der Waals surface area contributed by atoms with Gasteiger partial charge in [0.15, 0.2) is 0 Å². The molecule has 1 heterocycles. The molecule has 3 atom stereocenters. The second kappa shape index (κ2) is 4.62. The Balaban J connectivity index is 2.36. The van der Waals surface area contributed by atoms with Crippen molar-refractivity contribution < 1.29 is 4.21 Å². The van der Waals surface area contributed by atoms with Crippen molar-refractivity contribution in [2.75, 3.05) is 18.6 Å². The minimum atomic E-state index is -2.30. The van der Waals surface area contributed by atoms with E-state index in [0.29, 0.717) is 23.6 Å². The monoisotopic (exact) mass is 218 g/mol. The molecule has 1 fully saturated rings. The van der Waals surface area contributed by atoms with Gasteiger partial charge in [0.2, 0.25) is 0 Å². The third-order valence-corrected chi connectivity index (χ3v) is 4.02. The van der Waals surface area contributed by atoms with Crippen LogP contribution in [0.1, 0.15) is 26.7 Å². The molecule has 3 nitrogen and oxygen atoms in total. The summed E-state index contributed by atoms with van der Waals surface area (Å²) in [7, 11) is -2.30. The molecule has 0 aromatic rings. The van der Waals surface area contributed by atoms with Gasteiger partial charge in [-0.25, -0.2) is 0 Å². The molecule has 0 aromatic heterocycles. The van der Waals surface area contributed by atoms with Crippen molar-refractivity contribution in [1.29, 1.82) is 4.78 Å². The van der Waals surface area contributed by atoms with Gasteiger partial charge in [0.1, 0.15) is 0 Å². The average Bonchev–Trinajstić information content (AvgIpc) is 2.02. The predicted octanol–water partition coefficient (Wildman–Crippen LogP) is 1.69. The zero-order chi connectivity index (χ0) is 10.8. The Labute approximate surface area is 87.6 Å². The molecule has 1 aliphatic rings. The molecule has 1 rings (SSSR count). The van der Waals surface area contributed by atoms with Gasteiger partial charge in [-0.2, -0.15) is 0 Å². The highest BCUT2D eigenvalue weighted by Crippen LogP contribution is 2.20. The summed E-state index contributed by atoms with van der Waals surface area (Å²) in [5, 5.41) is 3.48. The Morgan fingerprint density at radius 1 is 1.50 bits per heavy atom. The number of piperidine rings is 1. The van der Waals surface area contributed by atoms with Crippen LogP contribution in [0.15, 0.2) is 0 Å². The topological polar surface area (TPSA) is 53.0 Å². The fourth-order valence-corrected chi connectivity index (χ4v) is 3.28. The van der Waals surface area contributed by atoms with E-state index in [4.69, 9.17) is 4.78 Å². The van der Waals surface area contributed by atoms with Crippen LogP contribution in [-0.4, -0.2) is 28.8 Å². The Kier molecular flexibility index (Phi) is 3.95. The zero-order valence-electron chi connectivity index (χ0n) is 9.38. The quantitative estimate of drug-likeness (QED) is 0.757. The second-order valence-electron chi connectivity index (χ2n) is 4.87. The van der Waals surface area contributed by atoms with Crippen LogP contribution in [0.5, 0.6) is 0 Å². The van der Waals surface area contributed by atoms with Crippen LogP contribution in [0.2, 0.25) is 0 Å². The van der Waals surface area contributed by atoms with Crippen molar-refractivity contribution in [3.63, 3.8) is 0 Å². The minimum absolute atomic E-state index is 0.444. The lowest BCUT2D eigenvalue weighted by molar-refractivity contribution is 0.278. The third-order valence-electron chi connectivity index (χ3n) is 2.91. The van der Waals surface area contributed by atoms with E-state index in [9.17, 15) is 4.21 Å². The Hall–Kier alpha value is -0.0900. The van der Waals surface area contributed by atoms with Gasteiger partial charge in [-0.15, -0.1) is 0 Å². The van der Waals surface area contributed by atoms with Crippen LogP contribution >= 0.6 is 0 Å². The van der Waals surface area contributed by atoms with Gasteiger partial charge < -0.3 is 5.32 Å². The molecule has 0 saturated carbocycles. The first-order chi connectivity index (χ1) is 6.38. The minimum Gasteiger partial charge on any atom is -0.313 e. The van der Waals surface area contributed by atoms with Crippen molar-refractivity contribution in [1.82, 2.24) is 5.32 Å². The van der Waals surface area contributed by atoms with E-state index in [0.717, 1.165) is 19.4 Å². The standard InChI is InChI=1S/C10H22N2OS/c1-8(2)10-5-4-9(6-12-10)7-14(3,11)13/h8-12H,4-7H2,1-3H3. The SMILES string of the molecule is CC(C)C1CCC(CS(C)(=N)=O)CN1. The smallest absolute Gasteiger partial charge is 0.0415 e. The molecule has 1 aliphatic heterocycles. The molecule has 0 amide bonds. The summed E-state index contributed by atoms with van der Waals surface area (Å²) < 4.78 is 18.7. The van der Waals surface area contributed by atoms with E-state index < -0.39 is 9.73 Å². The lowest BCUT2D eigenvalue weighted by Gasteiger charge is -2.32. The van der Waals surface area contributed by atoms with Crippen molar-refractivity contribution in [2.24, 2.45) is 11.8 Å². The number of nitrogens with one attached hydrogen (secondary N) is 2. The maximum atomic E-state index is 11.3. The van der Waals surface area contributed by atoms with Crippen LogP contribution in [0.3, 0.4) is 0 Å². The van der Waals surface area contributed by atoms with Gasteiger partial charge in [0.05, 0.1) is 0 Å². The van der Waals surface area contributed by atoms with Gasteiger partial charge in [0, 0.05) is 27.8 Å². The Bertz CT molecular complexity index is 264. The summed E-state index contributed by atoms with van der Waals surface area (Å²) in [6.07, 6.45) is 3.83. The number of rotatable bonds is 3. The first-order valence-electron chi connectivity index (χ1n) is 5.33. The molecule has 84 valence electrons. The summed E-state index contributed by atoms with van der Waals surface area (Å²) in [6.45, 7) is 5.39. The fraction of sp³-hybridized carbons (Fsp3) is 1.00. The molecule has 0 aliphatic carbocycles. The van der Waals surface area contributed by atoms with E-state index in [-0.39, 0.29) is 0 Å². The molecule has 3 unspecified atom stereocenters. The molecule has 14 heavy (non-hydrogen) atoms. The van der Waals surface area contributed by atoms with Crippen molar-refractivity contribution >= 4 is 9.73 Å². The van der Waals surface area contributed by atoms with E-state index in [1.807, 2.05) is 0 Å². The molecule has 2 N–H and O–H groups in total. The highest BCUT2D eigenvalue weighted by molar-refractivity contribution is 7.91. The summed E-state index contributed by atoms with van der Waals surface area (Å²) in [5.74, 6) is 1.68. The zero-order valence-corrected chi connectivity index (χ0v) is 10.2. The molecule has 1 saturated heterocycles. The van der Waals surface area contributed by atoms with Gasteiger partial charge in [-0.1, -0.05) is 13.8 Å². The molecule has 0 radical (unpaired) electrons. The molecule has 0 bridgehead atoms. The molecule has 0 spiro atoms. The second-order valence-corrected chi connectivity index (χ2v) is 7.22. The van der Waals surface area contributed by atoms with Gasteiger partial charge in [0.25, 0.3) is 0 Å². The number of hydrogen-bond donors (Lipinski definition) is 2. The van der Waals surface area contributed by atoms with Crippen LogP contribution in [0, 0.1) is 16.6 Å². The first kappa shape index (κ1) is 12.0. The van der Waals surface area contributed by atoms with E-state index in [1.165, 1.54) is 0 Å². The van der Waals surface area contributed by atoms with Crippen molar-refractivity contribution in [3.05, 3.63) is 0 Å². The summed E-state index contributed by atoms with van der Waals surface area (Å²) in [6, 6.07) is 0.616. The fourth-order valence-electron chi connectivity index (χ4n) is 2.10. The highest BCUT2D eigenvalue weighted by atomic mass is 32.2. The van der Waals surface area contributed by atoms with Crippen molar-refractivity contribution in [3.8, 4) is 0 Å². The predicted molar refractivity (Wildman–Crippen MR) is 61.0 cm³/mol. The highest BCUT2D eigenvalue weighted by Gasteiger charge is 2.23. The Morgan fingerprint density at radius 3 is 2.50 bits per heavy atom. The number of hydrogen-bond acceptors (Lipinski definition) is 3. The normalized spacial score (nSPS) is 32.9. The van der Waals surface area contributed by atoms with Crippen LogP contribution in [0.25, 0.3) is 0 Å². The van der Waals surface area contributed by atoms with E-state index in [1.54, 1.807) is 6.26 Å². The average molecular weight is 218 g/mol. The lowest BCUT2D eigenvalue weighted by Crippen LogP contribution is -2.43. The lowest BCUT2D eigenvalue weighted by atomic mass is 9.90. The van der Waals surface area contributed by atoms with E-state index in [2.05, 4.69) is 19.2 Å². The summed E-state index contributed by atoms with van der Waals surface area (Å²) in [5.41, 5.74) is 0. The van der Waals surface area contributed by atoms with E-state index >= 15 is 0 Å². The first-order valence-corrected chi connectivity index (χ1v) is 7.47. The van der Waals surface area contributed by atoms with Gasteiger partial charge in [-0.05, 0) is 31.2 Å².